The number of hydrogen-bond acceptors (Lipinski definition) is 7. The van der Waals surface area contributed by atoms with Crippen LogP contribution in [0, 0.1) is 0 Å². The number of ether oxygens (including phenoxy) is 3. The third-order valence-electron chi connectivity index (χ3n) is 4.49. The van der Waals surface area contributed by atoms with Crippen LogP contribution in [0.3, 0.4) is 0 Å². The van der Waals surface area contributed by atoms with Gasteiger partial charge in [0.25, 0.3) is 5.56 Å². The van der Waals surface area contributed by atoms with Crippen LogP contribution in [-0.4, -0.2) is 35.9 Å². The Labute approximate surface area is 176 Å². The first-order valence-electron chi connectivity index (χ1n) is 9.08. The molecule has 0 aliphatic carbocycles. The Morgan fingerprint density at radius 2 is 1.73 bits per heavy atom. The summed E-state index contributed by atoms with van der Waals surface area (Å²) in [7, 11) is 4.77. The van der Waals surface area contributed by atoms with Crippen molar-refractivity contribution in [3.63, 3.8) is 0 Å². The number of methoxy groups -OCH3 is 3. The van der Waals surface area contributed by atoms with Crippen LogP contribution < -0.4 is 24.3 Å². The van der Waals surface area contributed by atoms with Gasteiger partial charge in [0.05, 0.1) is 25.9 Å². The second kappa shape index (κ2) is 8.38. The number of nitrogens with zero attached hydrogens (tertiary/aromatic N) is 3. The summed E-state index contributed by atoms with van der Waals surface area (Å²) in [5.41, 5.74) is 1.46. The third kappa shape index (κ3) is 3.65. The number of aromatic nitrogens is 3. The van der Waals surface area contributed by atoms with Gasteiger partial charge in [0.1, 0.15) is 5.75 Å². The molecule has 2 aromatic carbocycles. The Hall–Kier alpha value is -3.65. The van der Waals surface area contributed by atoms with Gasteiger partial charge in [0.15, 0.2) is 17.3 Å². The van der Waals surface area contributed by atoms with E-state index in [1.54, 1.807) is 39.5 Å². The molecule has 4 aromatic rings. The molecule has 8 heteroatoms. The smallest absolute Gasteiger partial charge is 0.291 e. The Bertz CT molecular complexity index is 1340. The van der Waals surface area contributed by atoms with E-state index in [-0.39, 0.29) is 5.56 Å². The minimum Gasteiger partial charge on any atom is -0.496 e. The molecular weight excluding hydrogens is 402 g/mol. The Kier molecular flexibility index (Phi) is 5.49. The van der Waals surface area contributed by atoms with Gasteiger partial charge in [0, 0.05) is 11.1 Å². The van der Waals surface area contributed by atoms with Crippen LogP contribution in [0.2, 0.25) is 0 Å². The Morgan fingerprint density at radius 1 is 0.967 bits per heavy atom. The normalized spacial score (nSPS) is 12.0. The van der Waals surface area contributed by atoms with Crippen LogP contribution >= 0.6 is 11.3 Å². The van der Waals surface area contributed by atoms with Gasteiger partial charge in [-0.3, -0.25) is 4.79 Å². The summed E-state index contributed by atoms with van der Waals surface area (Å²) in [5, 5.41) is 4.37. The van der Waals surface area contributed by atoms with E-state index < -0.39 is 0 Å². The van der Waals surface area contributed by atoms with Crippen LogP contribution in [0.1, 0.15) is 5.56 Å². The molecule has 2 heterocycles. The van der Waals surface area contributed by atoms with E-state index in [0.717, 1.165) is 16.9 Å². The topological polar surface area (TPSA) is 74.9 Å². The Balaban J connectivity index is 1.67. The minimum absolute atomic E-state index is 0.209. The number of fused-ring (bicyclic) bond motifs is 1. The quantitative estimate of drug-likeness (QED) is 0.476. The molecule has 4 rings (SSSR count). The standard InChI is InChI=1S/C22H19N3O4S/c1-27-16-9-5-4-7-14(16)8-6-10-19-21(26)25-22(30-19)23-20(24-25)15-11-12-17(28-2)18(13-15)29-3/h4-13H,1-3H3/b8-6+,19-10+. The Morgan fingerprint density at radius 3 is 2.47 bits per heavy atom. The fraction of sp³-hybridized carbons (Fsp3) is 0.136. The molecule has 152 valence electrons. The van der Waals surface area contributed by atoms with Crippen molar-refractivity contribution in [3.05, 3.63) is 69.0 Å². The lowest BCUT2D eigenvalue weighted by Crippen LogP contribution is -2.23. The van der Waals surface area contributed by atoms with Crippen molar-refractivity contribution < 1.29 is 14.2 Å². The van der Waals surface area contributed by atoms with Crippen molar-refractivity contribution in [1.29, 1.82) is 0 Å². The van der Waals surface area contributed by atoms with E-state index in [2.05, 4.69) is 10.1 Å². The predicted octanol–water partition coefficient (Wildman–Crippen LogP) is 3.06. The van der Waals surface area contributed by atoms with E-state index in [4.69, 9.17) is 14.2 Å². The second-order valence-corrected chi connectivity index (χ2v) is 7.25. The van der Waals surface area contributed by atoms with E-state index in [1.807, 2.05) is 42.5 Å². The monoisotopic (exact) mass is 421 g/mol. The van der Waals surface area contributed by atoms with Crippen LogP contribution in [0.15, 0.2) is 53.3 Å². The molecule has 0 fully saturated rings. The van der Waals surface area contributed by atoms with Crippen LogP contribution in [0.4, 0.5) is 0 Å². The fourth-order valence-electron chi connectivity index (χ4n) is 2.99. The third-order valence-corrected chi connectivity index (χ3v) is 5.46. The summed E-state index contributed by atoms with van der Waals surface area (Å²) >= 11 is 1.28. The maximum atomic E-state index is 12.7. The number of benzene rings is 2. The van der Waals surface area contributed by atoms with E-state index in [1.165, 1.54) is 15.9 Å². The molecule has 2 aromatic heterocycles. The van der Waals surface area contributed by atoms with Gasteiger partial charge in [-0.05, 0) is 30.3 Å². The number of rotatable bonds is 6. The molecule has 0 bridgehead atoms. The van der Waals surface area contributed by atoms with Crippen molar-refractivity contribution in [3.8, 4) is 28.6 Å². The zero-order valence-electron chi connectivity index (χ0n) is 16.7. The molecule has 7 nitrogen and oxygen atoms in total. The van der Waals surface area contributed by atoms with Gasteiger partial charge in [-0.1, -0.05) is 41.7 Å². The highest BCUT2D eigenvalue weighted by Gasteiger charge is 2.14. The summed E-state index contributed by atoms with van der Waals surface area (Å²) in [5.74, 6) is 2.42. The zero-order chi connectivity index (χ0) is 21.1. The molecule has 0 spiro atoms. The molecular formula is C22H19N3O4S. The highest BCUT2D eigenvalue weighted by Crippen LogP contribution is 2.31. The van der Waals surface area contributed by atoms with Crippen molar-refractivity contribution in [2.45, 2.75) is 0 Å². The minimum atomic E-state index is -0.209. The first kappa shape index (κ1) is 19.7. The fourth-order valence-corrected chi connectivity index (χ4v) is 3.85. The molecule has 0 radical (unpaired) electrons. The van der Waals surface area contributed by atoms with E-state index >= 15 is 0 Å². The average Bonchev–Trinajstić information content (AvgIpc) is 3.33. The van der Waals surface area contributed by atoms with Crippen molar-refractivity contribution >= 4 is 28.4 Å². The van der Waals surface area contributed by atoms with Crippen molar-refractivity contribution in [2.75, 3.05) is 21.3 Å². The molecule has 0 aliphatic heterocycles. The molecule has 0 unspecified atom stereocenters. The van der Waals surface area contributed by atoms with Crippen LogP contribution in [-0.2, 0) is 0 Å². The van der Waals surface area contributed by atoms with Gasteiger partial charge >= 0.3 is 0 Å². The molecule has 30 heavy (non-hydrogen) atoms. The number of thiazole rings is 1. The first-order chi connectivity index (χ1) is 14.6. The largest absolute Gasteiger partial charge is 0.496 e. The molecule has 0 atom stereocenters. The summed E-state index contributed by atoms with van der Waals surface area (Å²) in [6, 6.07) is 13.1. The highest BCUT2D eigenvalue weighted by molar-refractivity contribution is 7.15. The lowest BCUT2D eigenvalue weighted by Gasteiger charge is -2.07. The number of allylic oxidation sites excluding steroid dienone is 1. The maximum absolute atomic E-state index is 12.7. The predicted molar refractivity (Wildman–Crippen MR) is 117 cm³/mol. The van der Waals surface area contributed by atoms with E-state index in [0.29, 0.717) is 26.8 Å². The zero-order valence-corrected chi connectivity index (χ0v) is 17.5. The van der Waals surface area contributed by atoms with Crippen molar-refractivity contribution in [1.82, 2.24) is 14.6 Å². The van der Waals surface area contributed by atoms with Crippen molar-refractivity contribution in [2.24, 2.45) is 0 Å². The molecule has 0 aliphatic rings. The molecule has 0 saturated heterocycles. The summed E-state index contributed by atoms with van der Waals surface area (Å²) < 4.78 is 17.8. The van der Waals surface area contributed by atoms with Gasteiger partial charge in [-0.2, -0.15) is 9.50 Å². The number of para-hydroxylation sites is 1. The SMILES string of the molecule is COc1ccccc1/C=C/C=c1/sc2nc(-c3ccc(OC)c(OC)c3)nn2c1=O. The van der Waals surface area contributed by atoms with Gasteiger partial charge in [-0.15, -0.1) is 5.10 Å². The van der Waals surface area contributed by atoms with Gasteiger partial charge in [0.2, 0.25) is 4.96 Å². The number of hydrogen-bond donors (Lipinski definition) is 0. The second-order valence-electron chi connectivity index (χ2n) is 6.24. The lowest BCUT2D eigenvalue weighted by molar-refractivity contribution is 0.355. The summed E-state index contributed by atoms with van der Waals surface area (Å²) in [6.45, 7) is 0. The molecule has 0 saturated carbocycles. The average molecular weight is 421 g/mol. The summed E-state index contributed by atoms with van der Waals surface area (Å²) in [6.07, 6.45) is 5.47. The van der Waals surface area contributed by atoms with Crippen LogP contribution in [0.25, 0.3) is 28.5 Å². The highest BCUT2D eigenvalue weighted by atomic mass is 32.1. The maximum Gasteiger partial charge on any atom is 0.291 e. The summed E-state index contributed by atoms with van der Waals surface area (Å²) in [4.78, 5) is 17.7. The van der Waals surface area contributed by atoms with Gasteiger partial charge in [-0.25, -0.2) is 0 Å². The lowest BCUT2D eigenvalue weighted by atomic mass is 10.2. The van der Waals surface area contributed by atoms with E-state index in [9.17, 15) is 4.79 Å². The molecule has 0 N–H and O–H groups in total. The first-order valence-corrected chi connectivity index (χ1v) is 9.89. The molecule has 0 amide bonds. The van der Waals surface area contributed by atoms with Crippen LogP contribution in [0.5, 0.6) is 17.2 Å². The van der Waals surface area contributed by atoms with Gasteiger partial charge < -0.3 is 14.2 Å².